The number of benzene rings is 1. The fourth-order valence-electron chi connectivity index (χ4n) is 3.56. The molecule has 0 spiro atoms. The summed E-state index contributed by atoms with van der Waals surface area (Å²) < 4.78 is 39.8. The highest BCUT2D eigenvalue weighted by molar-refractivity contribution is 9.11. The Morgan fingerprint density at radius 2 is 2.07 bits per heavy atom. The van der Waals surface area contributed by atoms with Gasteiger partial charge in [0.25, 0.3) is 0 Å². The Labute approximate surface area is 183 Å². The Hall–Kier alpha value is -0.0700. The predicted octanol–water partition coefficient (Wildman–Crippen LogP) is 0.657. The number of piperazine rings is 1. The van der Waals surface area contributed by atoms with Crippen LogP contribution in [0.2, 0.25) is 0 Å². The van der Waals surface area contributed by atoms with Gasteiger partial charge in [0, 0.05) is 15.6 Å². The van der Waals surface area contributed by atoms with Gasteiger partial charge in [-0.2, -0.15) is 4.31 Å². The number of rotatable bonds is 8. The molecule has 0 radical (unpaired) electrons. The van der Waals surface area contributed by atoms with Crippen LogP contribution < -0.4 is 4.90 Å². The lowest BCUT2D eigenvalue weighted by atomic mass is 10.2. The Kier molecular flexibility index (Phi) is 8.32. The van der Waals surface area contributed by atoms with Crippen LogP contribution in [-0.4, -0.2) is 82.6 Å². The van der Waals surface area contributed by atoms with Crippen molar-refractivity contribution in [3.63, 3.8) is 0 Å². The molecule has 10 heteroatoms. The van der Waals surface area contributed by atoms with Crippen molar-refractivity contribution in [3.05, 3.63) is 27.1 Å². The number of aliphatic hydroxyl groups excluding tert-OH is 1. The topological polar surface area (TPSA) is 80.5 Å². The van der Waals surface area contributed by atoms with Crippen molar-refractivity contribution in [1.29, 1.82) is 0 Å². The van der Waals surface area contributed by atoms with Gasteiger partial charge in [-0.15, -0.1) is 0 Å². The number of hydrogen-bond acceptors (Lipinski definition) is 5. The lowest BCUT2D eigenvalue weighted by molar-refractivity contribution is -0.906. The van der Waals surface area contributed by atoms with Crippen molar-refractivity contribution in [2.45, 2.75) is 29.9 Å². The van der Waals surface area contributed by atoms with Gasteiger partial charge >= 0.3 is 0 Å². The second-order valence-corrected chi connectivity index (χ2v) is 10.9. The minimum Gasteiger partial charge on any atom is -0.385 e. The fourth-order valence-corrected chi connectivity index (χ4v) is 6.47. The van der Waals surface area contributed by atoms with E-state index in [2.05, 4.69) is 31.9 Å². The van der Waals surface area contributed by atoms with E-state index in [9.17, 15) is 13.5 Å². The summed E-state index contributed by atoms with van der Waals surface area (Å²) in [5.74, 6) is 0. The zero-order valence-corrected chi connectivity index (χ0v) is 19.6. The van der Waals surface area contributed by atoms with E-state index in [4.69, 9.17) is 9.47 Å². The van der Waals surface area contributed by atoms with Gasteiger partial charge in [-0.3, -0.25) is 0 Å². The third-order valence-electron chi connectivity index (χ3n) is 5.10. The summed E-state index contributed by atoms with van der Waals surface area (Å²) in [5, 5.41) is 10.2. The molecule has 1 aromatic rings. The zero-order valence-electron chi connectivity index (χ0n) is 15.6. The van der Waals surface area contributed by atoms with Crippen molar-refractivity contribution in [2.24, 2.45) is 0 Å². The summed E-state index contributed by atoms with van der Waals surface area (Å²) in [6, 6.07) is 5.15. The smallest absolute Gasteiger partial charge is 0.244 e. The molecular weight excluding hydrogens is 516 g/mol. The maximum Gasteiger partial charge on any atom is 0.244 e. The van der Waals surface area contributed by atoms with Gasteiger partial charge in [-0.1, -0.05) is 15.9 Å². The molecule has 1 aromatic carbocycles. The summed E-state index contributed by atoms with van der Waals surface area (Å²) in [6.07, 6.45) is 1.69. The predicted molar refractivity (Wildman–Crippen MR) is 112 cm³/mol. The van der Waals surface area contributed by atoms with Crippen LogP contribution in [0.25, 0.3) is 0 Å². The number of nitrogens with one attached hydrogen (secondary N) is 1. The second kappa shape index (κ2) is 10.3. The first-order valence-electron chi connectivity index (χ1n) is 9.52. The quantitative estimate of drug-likeness (QED) is 0.504. The molecule has 0 bridgehead atoms. The molecule has 2 atom stereocenters. The lowest BCUT2D eigenvalue weighted by Crippen LogP contribution is -3.15. The number of quaternary nitrogens is 1. The van der Waals surface area contributed by atoms with E-state index >= 15 is 0 Å². The Morgan fingerprint density at radius 1 is 1.32 bits per heavy atom. The van der Waals surface area contributed by atoms with E-state index in [1.165, 1.54) is 9.21 Å². The van der Waals surface area contributed by atoms with Gasteiger partial charge in [0.1, 0.15) is 12.6 Å². The van der Waals surface area contributed by atoms with Crippen LogP contribution in [0.5, 0.6) is 0 Å². The maximum atomic E-state index is 12.9. The number of nitrogens with zero attached hydrogens (tertiary/aromatic N) is 1. The van der Waals surface area contributed by atoms with E-state index in [0.29, 0.717) is 43.8 Å². The van der Waals surface area contributed by atoms with Gasteiger partial charge in [0.05, 0.1) is 50.4 Å². The molecule has 2 saturated heterocycles. The highest BCUT2D eigenvalue weighted by atomic mass is 79.9. The first kappa shape index (κ1) is 22.6. The normalized spacial score (nSPS) is 23.2. The number of halogens is 2. The minimum atomic E-state index is -3.55. The van der Waals surface area contributed by atoms with Crippen LogP contribution >= 0.6 is 31.9 Å². The van der Waals surface area contributed by atoms with Crippen LogP contribution in [0.1, 0.15) is 12.8 Å². The average molecular weight is 543 g/mol. The highest BCUT2D eigenvalue weighted by Gasteiger charge is 2.32. The van der Waals surface area contributed by atoms with E-state index in [1.54, 1.807) is 18.2 Å². The first-order valence-corrected chi connectivity index (χ1v) is 12.5. The molecule has 0 unspecified atom stereocenters. The summed E-state index contributed by atoms with van der Waals surface area (Å²) in [7, 11) is -3.55. The Bertz CT molecular complexity index is 750. The fraction of sp³-hybridized carbons (Fsp3) is 0.667. The number of hydrogen-bond donors (Lipinski definition) is 2. The minimum absolute atomic E-state index is 0.158. The molecule has 0 aliphatic carbocycles. The molecule has 0 saturated carbocycles. The van der Waals surface area contributed by atoms with Crippen molar-refractivity contribution in [2.75, 3.05) is 52.5 Å². The molecular formula is C18H27Br2N2O5S+. The standard InChI is InChI=1S/C18H26Br2N2O5S/c19-14-3-4-17(20)18(10-14)28(24,25)22-7-5-21(6-8-22)11-15(23)12-26-13-16-2-1-9-27-16/h3-4,10,15-16,23H,1-2,5-9,11-13H2/p+1/t15-,16+/m1/s1. The van der Waals surface area contributed by atoms with Crippen LogP contribution in [0, 0.1) is 0 Å². The molecule has 2 N–H and O–H groups in total. The van der Waals surface area contributed by atoms with Gasteiger partial charge in [-0.25, -0.2) is 8.42 Å². The van der Waals surface area contributed by atoms with Crippen molar-refractivity contribution < 1.29 is 27.9 Å². The van der Waals surface area contributed by atoms with Crippen LogP contribution in [0.4, 0.5) is 0 Å². The summed E-state index contributed by atoms with van der Waals surface area (Å²) in [5.41, 5.74) is 0. The van der Waals surface area contributed by atoms with E-state index in [1.807, 2.05) is 0 Å². The van der Waals surface area contributed by atoms with Crippen molar-refractivity contribution in [1.82, 2.24) is 4.31 Å². The molecule has 2 aliphatic rings. The zero-order chi connectivity index (χ0) is 20.1. The van der Waals surface area contributed by atoms with Crippen molar-refractivity contribution >= 4 is 41.9 Å². The summed E-state index contributed by atoms with van der Waals surface area (Å²) in [4.78, 5) is 1.46. The van der Waals surface area contributed by atoms with Crippen LogP contribution in [0.3, 0.4) is 0 Å². The largest absolute Gasteiger partial charge is 0.385 e. The Morgan fingerprint density at radius 3 is 2.75 bits per heavy atom. The molecule has 3 rings (SSSR count). The molecule has 2 fully saturated rings. The second-order valence-electron chi connectivity index (χ2n) is 7.26. The number of sulfonamides is 1. The average Bonchev–Trinajstić information content (AvgIpc) is 3.17. The van der Waals surface area contributed by atoms with Gasteiger partial charge in [0.2, 0.25) is 10.0 Å². The highest BCUT2D eigenvalue weighted by Crippen LogP contribution is 2.28. The molecule has 2 aliphatic heterocycles. The van der Waals surface area contributed by atoms with Gasteiger partial charge in [0.15, 0.2) is 0 Å². The third kappa shape index (κ3) is 5.98. The molecule has 0 amide bonds. The maximum absolute atomic E-state index is 12.9. The van der Waals surface area contributed by atoms with E-state index < -0.39 is 16.1 Å². The molecule has 28 heavy (non-hydrogen) atoms. The molecule has 2 heterocycles. The van der Waals surface area contributed by atoms with E-state index in [0.717, 1.165) is 23.9 Å². The lowest BCUT2D eigenvalue weighted by Gasteiger charge is -2.32. The summed E-state index contributed by atoms with van der Waals surface area (Å²) in [6.45, 7) is 4.35. The third-order valence-corrected chi connectivity index (χ3v) is 8.49. The van der Waals surface area contributed by atoms with Crippen LogP contribution in [0.15, 0.2) is 32.0 Å². The molecule has 7 nitrogen and oxygen atoms in total. The molecule has 158 valence electrons. The summed E-state index contributed by atoms with van der Waals surface area (Å²) >= 11 is 6.67. The monoisotopic (exact) mass is 541 g/mol. The van der Waals surface area contributed by atoms with Gasteiger partial charge < -0.3 is 19.5 Å². The van der Waals surface area contributed by atoms with Crippen LogP contribution in [-0.2, 0) is 19.5 Å². The SMILES string of the molecule is O=S(=O)(c1cc(Br)ccc1Br)N1CC[NH+](C[C@@H](O)COC[C@@H]2CCCO2)CC1. The van der Waals surface area contributed by atoms with Crippen molar-refractivity contribution in [3.8, 4) is 0 Å². The first-order chi connectivity index (χ1) is 13.4. The molecule has 0 aromatic heterocycles. The van der Waals surface area contributed by atoms with E-state index in [-0.39, 0.29) is 17.6 Å². The Balaban J connectivity index is 1.45. The van der Waals surface area contributed by atoms with Gasteiger partial charge in [-0.05, 0) is 47.0 Å². The number of ether oxygens (including phenoxy) is 2. The number of aliphatic hydroxyl groups is 1.